The lowest BCUT2D eigenvalue weighted by molar-refractivity contribution is 0.0766. The van der Waals surface area contributed by atoms with E-state index in [1.54, 1.807) is 41.3 Å². The second-order valence-electron chi connectivity index (χ2n) is 6.33. The van der Waals surface area contributed by atoms with Gasteiger partial charge >= 0.3 is 0 Å². The highest BCUT2D eigenvalue weighted by Crippen LogP contribution is 2.25. The van der Waals surface area contributed by atoms with Crippen LogP contribution >= 0.6 is 11.6 Å². The van der Waals surface area contributed by atoms with Gasteiger partial charge in [-0.05, 0) is 49.7 Å². The molecule has 0 spiro atoms. The van der Waals surface area contributed by atoms with Crippen LogP contribution in [-0.4, -0.2) is 42.8 Å². The molecule has 1 heterocycles. The van der Waals surface area contributed by atoms with Gasteiger partial charge in [0.2, 0.25) is 0 Å². The largest absolute Gasteiger partial charge is 0.369 e. The van der Waals surface area contributed by atoms with E-state index in [1.807, 2.05) is 4.90 Å². The number of carbonyl (C=O) groups is 2. The maximum Gasteiger partial charge on any atom is 0.253 e. The second kappa shape index (κ2) is 7.87. The number of hydrogen-bond donors (Lipinski definition) is 0. The molecule has 0 aromatic heterocycles. The van der Waals surface area contributed by atoms with Crippen LogP contribution in [0.3, 0.4) is 0 Å². The van der Waals surface area contributed by atoms with E-state index < -0.39 is 5.82 Å². The number of halogens is 2. The summed E-state index contributed by atoms with van der Waals surface area (Å²) in [5, 5.41) is 0.589. The number of carbonyl (C=O) groups excluding carboxylic acids is 2. The van der Waals surface area contributed by atoms with Crippen molar-refractivity contribution in [3.8, 4) is 0 Å². The Labute approximate surface area is 157 Å². The number of anilines is 1. The van der Waals surface area contributed by atoms with Gasteiger partial charge in [0.05, 0.1) is 11.3 Å². The van der Waals surface area contributed by atoms with Gasteiger partial charge in [-0.25, -0.2) is 4.39 Å². The molecule has 1 saturated heterocycles. The van der Waals surface area contributed by atoms with Crippen LogP contribution in [0.4, 0.5) is 10.1 Å². The summed E-state index contributed by atoms with van der Waals surface area (Å²) in [7, 11) is 0. The molecule has 0 saturated carbocycles. The lowest BCUT2D eigenvalue weighted by Gasteiger charge is -2.25. The molecule has 26 heavy (non-hydrogen) atoms. The molecule has 1 aliphatic heterocycles. The predicted octanol–water partition coefficient (Wildman–Crippen LogP) is 4.03. The lowest BCUT2D eigenvalue weighted by Crippen LogP contribution is -2.35. The summed E-state index contributed by atoms with van der Waals surface area (Å²) in [5.41, 5.74) is 1.31. The standard InChI is InChI=1S/C20H20ClFN2O2/c1-14(25)19-17(22)4-2-5-18(19)23-10-3-11-24(13-12-23)20(26)15-6-8-16(21)9-7-15/h2,4-9H,3,10-13H2,1H3. The van der Waals surface area contributed by atoms with Crippen LogP contribution in [0.15, 0.2) is 42.5 Å². The molecule has 2 aromatic rings. The van der Waals surface area contributed by atoms with Crippen LogP contribution in [-0.2, 0) is 0 Å². The highest BCUT2D eigenvalue weighted by Gasteiger charge is 2.23. The normalized spacial score (nSPS) is 14.9. The molecular weight excluding hydrogens is 355 g/mol. The Hall–Kier alpha value is -2.40. The summed E-state index contributed by atoms with van der Waals surface area (Å²) >= 11 is 5.88. The molecule has 1 aliphatic rings. The third-order valence-corrected chi connectivity index (χ3v) is 4.81. The zero-order valence-corrected chi connectivity index (χ0v) is 15.3. The SMILES string of the molecule is CC(=O)c1c(F)cccc1N1CCCN(C(=O)c2ccc(Cl)cc2)CC1. The van der Waals surface area contributed by atoms with Gasteiger partial charge < -0.3 is 9.80 Å². The first-order valence-electron chi connectivity index (χ1n) is 8.56. The van der Waals surface area contributed by atoms with Crippen molar-refractivity contribution in [1.29, 1.82) is 0 Å². The van der Waals surface area contributed by atoms with Crippen LogP contribution in [0.25, 0.3) is 0 Å². The van der Waals surface area contributed by atoms with Crippen molar-refractivity contribution in [3.05, 3.63) is 64.4 Å². The highest BCUT2D eigenvalue weighted by molar-refractivity contribution is 6.30. The minimum Gasteiger partial charge on any atom is -0.369 e. The van der Waals surface area contributed by atoms with Crippen LogP contribution < -0.4 is 4.90 Å². The lowest BCUT2D eigenvalue weighted by atomic mass is 10.1. The first-order chi connectivity index (χ1) is 12.5. The molecule has 0 bridgehead atoms. The summed E-state index contributed by atoms with van der Waals surface area (Å²) in [6, 6.07) is 11.5. The Morgan fingerprint density at radius 2 is 1.73 bits per heavy atom. The Morgan fingerprint density at radius 1 is 1.00 bits per heavy atom. The molecule has 0 N–H and O–H groups in total. The number of Topliss-reactive ketones (excluding diaryl/α,β-unsaturated/α-hetero) is 1. The highest BCUT2D eigenvalue weighted by atomic mass is 35.5. The van der Waals surface area contributed by atoms with Crippen molar-refractivity contribution < 1.29 is 14.0 Å². The molecular formula is C20H20ClFN2O2. The van der Waals surface area contributed by atoms with Crippen molar-refractivity contribution in [2.45, 2.75) is 13.3 Å². The van der Waals surface area contributed by atoms with E-state index >= 15 is 0 Å². The van der Waals surface area contributed by atoms with E-state index in [9.17, 15) is 14.0 Å². The summed E-state index contributed by atoms with van der Waals surface area (Å²) in [6.45, 7) is 3.70. The van der Waals surface area contributed by atoms with Gasteiger partial charge in [0, 0.05) is 36.8 Å². The monoisotopic (exact) mass is 374 g/mol. The molecule has 136 valence electrons. The van der Waals surface area contributed by atoms with E-state index in [0.29, 0.717) is 42.5 Å². The number of hydrogen-bond acceptors (Lipinski definition) is 3. The Morgan fingerprint density at radius 3 is 2.42 bits per heavy atom. The van der Waals surface area contributed by atoms with E-state index in [2.05, 4.69) is 0 Å². The zero-order valence-electron chi connectivity index (χ0n) is 14.5. The Kier molecular flexibility index (Phi) is 5.57. The van der Waals surface area contributed by atoms with Crippen LogP contribution in [0.2, 0.25) is 5.02 Å². The maximum absolute atomic E-state index is 14.1. The van der Waals surface area contributed by atoms with Crippen molar-refractivity contribution in [3.63, 3.8) is 0 Å². The van der Waals surface area contributed by atoms with E-state index in [0.717, 1.165) is 6.42 Å². The first-order valence-corrected chi connectivity index (χ1v) is 8.94. The molecule has 0 atom stereocenters. The number of amides is 1. The van der Waals surface area contributed by atoms with Gasteiger partial charge in [0.1, 0.15) is 5.82 Å². The van der Waals surface area contributed by atoms with Crippen molar-refractivity contribution >= 4 is 29.0 Å². The van der Waals surface area contributed by atoms with Crippen molar-refractivity contribution in [2.75, 3.05) is 31.1 Å². The second-order valence-corrected chi connectivity index (χ2v) is 6.77. The number of benzene rings is 2. The van der Waals surface area contributed by atoms with Gasteiger partial charge in [0.25, 0.3) is 5.91 Å². The molecule has 3 rings (SSSR count). The Bertz CT molecular complexity index is 823. The number of nitrogens with zero attached hydrogens (tertiary/aromatic N) is 2. The Balaban J connectivity index is 1.77. The maximum atomic E-state index is 14.1. The summed E-state index contributed by atoms with van der Waals surface area (Å²) in [5.74, 6) is -0.848. The average Bonchev–Trinajstić information content (AvgIpc) is 2.87. The fourth-order valence-electron chi connectivity index (χ4n) is 3.26. The van der Waals surface area contributed by atoms with Gasteiger partial charge in [-0.15, -0.1) is 0 Å². The molecule has 1 amide bonds. The van der Waals surface area contributed by atoms with E-state index in [4.69, 9.17) is 11.6 Å². The van der Waals surface area contributed by atoms with Gasteiger partial charge in [-0.2, -0.15) is 0 Å². The minimum atomic E-state index is -0.506. The topological polar surface area (TPSA) is 40.6 Å². The fourth-order valence-corrected chi connectivity index (χ4v) is 3.39. The van der Waals surface area contributed by atoms with E-state index in [1.165, 1.54) is 13.0 Å². The predicted molar refractivity (Wildman–Crippen MR) is 101 cm³/mol. The minimum absolute atomic E-state index is 0.0467. The summed E-state index contributed by atoms with van der Waals surface area (Å²) in [4.78, 5) is 28.3. The average molecular weight is 375 g/mol. The summed E-state index contributed by atoms with van der Waals surface area (Å²) < 4.78 is 14.1. The molecule has 0 aliphatic carbocycles. The zero-order chi connectivity index (χ0) is 18.7. The summed E-state index contributed by atoms with van der Waals surface area (Å²) in [6.07, 6.45) is 0.743. The quantitative estimate of drug-likeness (QED) is 0.761. The van der Waals surface area contributed by atoms with Crippen LogP contribution in [0, 0.1) is 5.82 Å². The molecule has 2 aromatic carbocycles. The fraction of sp³-hybridized carbons (Fsp3) is 0.300. The van der Waals surface area contributed by atoms with Crippen LogP contribution in [0.5, 0.6) is 0 Å². The molecule has 0 radical (unpaired) electrons. The van der Waals surface area contributed by atoms with Crippen molar-refractivity contribution in [2.24, 2.45) is 0 Å². The van der Waals surface area contributed by atoms with Gasteiger partial charge in [0.15, 0.2) is 5.78 Å². The molecule has 6 heteroatoms. The number of rotatable bonds is 3. The molecule has 4 nitrogen and oxygen atoms in total. The third-order valence-electron chi connectivity index (χ3n) is 4.56. The van der Waals surface area contributed by atoms with Gasteiger partial charge in [-0.3, -0.25) is 9.59 Å². The van der Waals surface area contributed by atoms with E-state index in [-0.39, 0.29) is 17.3 Å². The van der Waals surface area contributed by atoms with Crippen molar-refractivity contribution in [1.82, 2.24) is 4.90 Å². The molecule has 1 fully saturated rings. The smallest absolute Gasteiger partial charge is 0.253 e. The van der Waals surface area contributed by atoms with Gasteiger partial charge in [-0.1, -0.05) is 17.7 Å². The molecule has 0 unspecified atom stereocenters. The number of ketones is 1. The third kappa shape index (κ3) is 3.88. The first kappa shape index (κ1) is 18.4. The van der Waals surface area contributed by atoms with Crippen LogP contribution in [0.1, 0.15) is 34.1 Å².